The molecule has 0 aromatic heterocycles. The van der Waals surface area contributed by atoms with E-state index in [4.69, 9.17) is 14.2 Å². The summed E-state index contributed by atoms with van der Waals surface area (Å²) in [5.41, 5.74) is -0.405. The van der Waals surface area contributed by atoms with E-state index >= 15 is 0 Å². The second-order valence-electron chi connectivity index (χ2n) is 6.87. The second kappa shape index (κ2) is 7.32. The Labute approximate surface area is 152 Å². The lowest BCUT2D eigenvalue weighted by Gasteiger charge is -2.44. The minimum atomic E-state index is -0.869. The van der Waals surface area contributed by atoms with Crippen LogP contribution < -0.4 is 0 Å². The van der Waals surface area contributed by atoms with Crippen LogP contribution in [0, 0.1) is 17.3 Å². The summed E-state index contributed by atoms with van der Waals surface area (Å²) in [4.78, 5) is 36.8. The minimum absolute atomic E-state index is 0.149. The highest BCUT2D eigenvalue weighted by Gasteiger charge is 2.52. The third-order valence-electron chi connectivity index (χ3n) is 5.27. The monoisotopic (exact) mass is 358 g/mol. The minimum Gasteiger partial charge on any atom is -0.469 e. The van der Waals surface area contributed by atoms with Crippen LogP contribution in [0.1, 0.15) is 29.6 Å². The predicted octanol–water partition coefficient (Wildman–Crippen LogP) is 2.53. The van der Waals surface area contributed by atoms with Gasteiger partial charge in [0.1, 0.15) is 6.10 Å². The van der Waals surface area contributed by atoms with Crippen molar-refractivity contribution in [3.05, 3.63) is 48.0 Å². The fourth-order valence-electron chi connectivity index (χ4n) is 4.03. The van der Waals surface area contributed by atoms with Crippen molar-refractivity contribution in [2.45, 2.75) is 25.4 Å². The van der Waals surface area contributed by atoms with Gasteiger partial charge in [0.2, 0.25) is 0 Å². The fraction of sp³-hybridized carbons (Fsp3) is 0.450. The van der Waals surface area contributed by atoms with Crippen LogP contribution in [0.3, 0.4) is 0 Å². The van der Waals surface area contributed by atoms with Crippen molar-refractivity contribution in [1.82, 2.24) is 0 Å². The van der Waals surface area contributed by atoms with Gasteiger partial charge in [-0.3, -0.25) is 9.59 Å². The van der Waals surface area contributed by atoms with Crippen molar-refractivity contribution < 1.29 is 28.6 Å². The molecular formula is C20H22O6. The first-order chi connectivity index (χ1) is 12.5. The summed E-state index contributed by atoms with van der Waals surface area (Å²) in [6.07, 6.45) is 4.32. The van der Waals surface area contributed by atoms with Crippen LogP contribution in [0.2, 0.25) is 0 Å². The van der Waals surface area contributed by atoms with Crippen molar-refractivity contribution in [2.75, 3.05) is 14.2 Å². The second-order valence-corrected chi connectivity index (χ2v) is 6.87. The molecule has 0 unspecified atom stereocenters. The summed E-state index contributed by atoms with van der Waals surface area (Å²) in [6, 6.07) is 8.73. The van der Waals surface area contributed by atoms with Crippen molar-refractivity contribution in [3.63, 3.8) is 0 Å². The highest BCUT2D eigenvalue weighted by atomic mass is 16.5. The average Bonchev–Trinajstić information content (AvgIpc) is 2.69. The van der Waals surface area contributed by atoms with Crippen LogP contribution in [-0.2, 0) is 23.8 Å². The molecule has 0 spiro atoms. The predicted molar refractivity (Wildman–Crippen MR) is 92.1 cm³/mol. The molecule has 0 N–H and O–H groups in total. The van der Waals surface area contributed by atoms with Crippen LogP contribution >= 0.6 is 0 Å². The zero-order valence-electron chi connectivity index (χ0n) is 14.8. The summed E-state index contributed by atoms with van der Waals surface area (Å²) >= 11 is 0. The van der Waals surface area contributed by atoms with E-state index in [9.17, 15) is 14.4 Å². The molecule has 2 bridgehead atoms. The first-order valence-electron chi connectivity index (χ1n) is 8.61. The van der Waals surface area contributed by atoms with Gasteiger partial charge < -0.3 is 14.2 Å². The Balaban J connectivity index is 1.84. The van der Waals surface area contributed by atoms with Gasteiger partial charge in [-0.25, -0.2) is 4.79 Å². The molecule has 0 saturated heterocycles. The number of rotatable bonds is 4. The van der Waals surface area contributed by atoms with Gasteiger partial charge in [0, 0.05) is 5.92 Å². The van der Waals surface area contributed by atoms with Gasteiger partial charge in [-0.05, 0) is 37.5 Å². The van der Waals surface area contributed by atoms with Crippen LogP contribution in [0.25, 0.3) is 0 Å². The smallest absolute Gasteiger partial charge is 0.338 e. The molecule has 2 aliphatic rings. The van der Waals surface area contributed by atoms with Crippen LogP contribution in [0.15, 0.2) is 42.5 Å². The average molecular weight is 358 g/mol. The number of carbonyl (C=O) groups excluding carboxylic acids is 3. The quantitative estimate of drug-likeness (QED) is 0.467. The lowest BCUT2D eigenvalue weighted by molar-refractivity contribution is -0.160. The Kier molecular flexibility index (Phi) is 5.11. The summed E-state index contributed by atoms with van der Waals surface area (Å²) < 4.78 is 15.5. The number of methoxy groups -OCH3 is 2. The van der Waals surface area contributed by atoms with Crippen molar-refractivity contribution in [3.8, 4) is 0 Å². The number of carbonyl (C=O) groups is 3. The molecule has 0 radical (unpaired) electrons. The van der Waals surface area contributed by atoms with Crippen LogP contribution in [0.4, 0.5) is 0 Å². The van der Waals surface area contributed by atoms with E-state index in [2.05, 4.69) is 0 Å². The molecular weight excluding hydrogens is 336 g/mol. The van der Waals surface area contributed by atoms with E-state index in [1.807, 2.05) is 6.07 Å². The standard InChI is InChI=1S/C20H22O6/c1-24-17(21)15-10-14-11-20(12-15,19(23)25-2)9-8-16(14)26-18(22)13-6-4-3-5-7-13/h3-9,14-16H,10-12H2,1-2H3/t14-,15-,16-,20+/m1/s1. The van der Waals surface area contributed by atoms with Gasteiger partial charge in [0.05, 0.1) is 31.1 Å². The van der Waals surface area contributed by atoms with Gasteiger partial charge in [0.15, 0.2) is 0 Å². The third kappa shape index (κ3) is 3.36. The van der Waals surface area contributed by atoms with E-state index in [0.717, 1.165) is 0 Å². The molecule has 138 valence electrons. The number of hydrogen-bond donors (Lipinski definition) is 0. The van der Waals surface area contributed by atoms with Crippen LogP contribution in [0.5, 0.6) is 0 Å². The molecule has 0 heterocycles. The lowest BCUT2D eigenvalue weighted by Crippen LogP contribution is -2.47. The summed E-state index contributed by atoms with van der Waals surface area (Å²) in [5, 5.41) is 0. The Morgan fingerprint density at radius 1 is 1.04 bits per heavy atom. The molecule has 6 nitrogen and oxygen atoms in total. The Bertz CT molecular complexity index is 725. The zero-order valence-corrected chi connectivity index (χ0v) is 14.8. The first kappa shape index (κ1) is 18.2. The van der Waals surface area contributed by atoms with Gasteiger partial charge in [-0.2, -0.15) is 0 Å². The summed E-state index contributed by atoms with van der Waals surface area (Å²) in [6.45, 7) is 0. The molecule has 2 aliphatic carbocycles. The molecule has 1 aromatic rings. The molecule has 0 amide bonds. The van der Waals surface area contributed by atoms with E-state index < -0.39 is 23.4 Å². The third-order valence-corrected chi connectivity index (χ3v) is 5.27. The molecule has 3 rings (SSSR count). The molecule has 0 aliphatic heterocycles. The van der Waals surface area contributed by atoms with E-state index in [1.165, 1.54) is 14.2 Å². The highest BCUT2D eigenvalue weighted by molar-refractivity contribution is 5.89. The summed E-state index contributed by atoms with van der Waals surface area (Å²) in [5.74, 6) is -1.73. The molecule has 1 aromatic carbocycles. The maximum Gasteiger partial charge on any atom is 0.338 e. The Morgan fingerprint density at radius 2 is 1.77 bits per heavy atom. The van der Waals surface area contributed by atoms with Crippen molar-refractivity contribution in [2.24, 2.45) is 17.3 Å². The number of fused-ring (bicyclic) bond motifs is 2. The van der Waals surface area contributed by atoms with Gasteiger partial charge in [-0.15, -0.1) is 0 Å². The van der Waals surface area contributed by atoms with Crippen LogP contribution in [-0.4, -0.2) is 38.2 Å². The molecule has 1 fully saturated rings. The number of esters is 3. The first-order valence-corrected chi connectivity index (χ1v) is 8.61. The Morgan fingerprint density at radius 3 is 2.42 bits per heavy atom. The van der Waals surface area contributed by atoms with Crippen molar-refractivity contribution in [1.29, 1.82) is 0 Å². The normalized spacial score (nSPS) is 29.5. The molecule has 4 atom stereocenters. The number of benzene rings is 1. The lowest BCUT2D eigenvalue weighted by atomic mass is 9.61. The van der Waals surface area contributed by atoms with E-state index in [1.54, 1.807) is 36.4 Å². The largest absolute Gasteiger partial charge is 0.469 e. The fourth-order valence-corrected chi connectivity index (χ4v) is 4.03. The molecule has 1 saturated carbocycles. The number of ether oxygens (including phenoxy) is 3. The molecule has 26 heavy (non-hydrogen) atoms. The van der Waals surface area contributed by atoms with Gasteiger partial charge >= 0.3 is 17.9 Å². The molecule has 6 heteroatoms. The maximum atomic E-state index is 12.4. The van der Waals surface area contributed by atoms with E-state index in [-0.39, 0.29) is 17.9 Å². The van der Waals surface area contributed by atoms with Crippen molar-refractivity contribution >= 4 is 17.9 Å². The maximum absolute atomic E-state index is 12.4. The Hall–Kier alpha value is -2.63. The highest BCUT2D eigenvalue weighted by Crippen LogP contribution is 2.49. The number of hydrogen-bond acceptors (Lipinski definition) is 6. The van der Waals surface area contributed by atoms with Gasteiger partial charge in [0.25, 0.3) is 0 Å². The zero-order chi connectivity index (χ0) is 18.7. The summed E-state index contributed by atoms with van der Waals surface area (Å²) in [7, 11) is 2.67. The topological polar surface area (TPSA) is 78.9 Å². The SMILES string of the molecule is COC(=O)[C@@H]1C[C@@H]2C[C@@](C(=O)OC)(C=C[C@H]2OC(=O)c2ccccc2)C1. The van der Waals surface area contributed by atoms with Gasteiger partial charge in [-0.1, -0.05) is 24.3 Å². The van der Waals surface area contributed by atoms with E-state index in [0.29, 0.717) is 24.8 Å².